The lowest BCUT2D eigenvalue weighted by Crippen LogP contribution is -3.00. The molecular formula is C18H17ClF3N2OS-. The number of amides is 1. The smallest absolute Gasteiger partial charge is 0.416 e. The number of fused-ring (bicyclic) bond motifs is 2. The molecule has 0 saturated carbocycles. The summed E-state index contributed by atoms with van der Waals surface area (Å²) in [7, 11) is 0. The Labute approximate surface area is 160 Å². The van der Waals surface area contributed by atoms with Gasteiger partial charge in [-0.2, -0.15) is 13.2 Å². The van der Waals surface area contributed by atoms with E-state index in [0.29, 0.717) is 22.8 Å². The normalized spacial score (nSPS) is 12.8. The van der Waals surface area contributed by atoms with Crippen molar-refractivity contribution >= 4 is 29.0 Å². The van der Waals surface area contributed by atoms with E-state index in [2.05, 4.69) is 5.32 Å². The largest absolute Gasteiger partial charge is 1.00 e. The number of halogens is 4. The molecule has 1 N–H and O–H groups in total. The topological polar surface area (TPSA) is 32.3 Å². The van der Waals surface area contributed by atoms with Crippen LogP contribution >= 0.6 is 11.8 Å². The van der Waals surface area contributed by atoms with Gasteiger partial charge in [-0.1, -0.05) is 30.8 Å². The van der Waals surface area contributed by atoms with E-state index in [9.17, 15) is 18.0 Å². The summed E-state index contributed by atoms with van der Waals surface area (Å²) < 4.78 is 39.3. The van der Waals surface area contributed by atoms with E-state index in [1.165, 1.54) is 22.7 Å². The first-order valence-electron chi connectivity index (χ1n) is 7.93. The zero-order chi connectivity index (χ0) is 18.0. The van der Waals surface area contributed by atoms with Crippen molar-refractivity contribution < 1.29 is 30.4 Å². The standard InChI is InChI=1S/C18H17F3N2OS.ClH/c1-2-22-10-9-17(24)23-13-5-3-4-6-15(13)25-16-8-7-12(11-14(16)23)18(19,20)21;/h3-8,11,22H,2,9-10H2,1H3;1H/p-1. The van der Waals surface area contributed by atoms with Gasteiger partial charge in [0.05, 0.1) is 16.9 Å². The van der Waals surface area contributed by atoms with Gasteiger partial charge < -0.3 is 17.7 Å². The van der Waals surface area contributed by atoms with Gasteiger partial charge in [-0.05, 0) is 36.9 Å². The number of anilines is 2. The van der Waals surface area contributed by atoms with Crippen molar-refractivity contribution in [1.29, 1.82) is 0 Å². The molecule has 140 valence electrons. The van der Waals surface area contributed by atoms with Crippen molar-refractivity contribution in [2.24, 2.45) is 0 Å². The molecule has 0 fully saturated rings. The number of benzene rings is 2. The van der Waals surface area contributed by atoms with E-state index in [4.69, 9.17) is 0 Å². The highest BCUT2D eigenvalue weighted by atomic mass is 35.5. The molecule has 0 bridgehead atoms. The lowest BCUT2D eigenvalue weighted by atomic mass is 10.1. The molecule has 0 radical (unpaired) electrons. The highest BCUT2D eigenvalue weighted by Gasteiger charge is 2.34. The first kappa shape index (κ1) is 20.6. The summed E-state index contributed by atoms with van der Waals surface area (Å²) in [5.74, 6) is -0.228. The molecule has 1 heterocycles. The molecule has 2 aromatic carbocycles. The SMILES string of the molecule is CCNCCC(=O)N1c2ccccc2Sc2ccc(C(F)(F)F)cc21.[Cl-]. The Hall–Kier alpha value is -1.70. The van der Waals surface area contributed by atoms with Gasteiger partial charge in [0.15, 0.2) is 0 Å². The number of hydrogen-bond donors (Lipinski definition) is 1. The molecule has 26 heavy (non-hydrogen) atoms. The summed E-state index contributed by atoms with van der Waals surface area (Å²) in [6.45, 7) is 3.15. The molecule has 3 rings (SSSR count). The number of para-hydroxylation sites is 1. The second-order valence-corrected chi connectivity index (χ2v) is 6.67. The molecule has 0 aromatic heterocycles. The summed E-state index contributed by atoms with van der Waals surface area (Å²) in [6.07, 6.45) is -4.24. The summed E-state index contributed by atoms with van der Waals surface area (Å²) in [6, 6.07) is 10.8. The monoisotopic (exact) mass is 401 g/mol. The number of carbonyl (C=O) groups is 1. The minimum Gasteiger partial charge on any atom is -1.00 e. The molecule has 0 atom stereocenters. The van der Waals surface area contributed by atoms with Crippen LogP contribution in [0.15, 0.2) is 52.3 Å². The predicted octanol–water partition coefficient (Wildman–Crippen LogP) is 1.84. The van der Waals surface area contributed by atoms with Crippen LogP contribution in [0.25, 0.3) is 0 Å². The fraction of sp³-hybridized carbons (Fsp3) is 0.278. The van der Waals surface area contributed by atoms with Gasteiger partial charge in [0, 0.05) is 22.8 Å². The fourth-order valence-electron chi connectivity index (χ4n) is 2.68. The van der Waals surface area contributed by atoms with Crippen molar-refractivity contribution in [3.05, 3.63) is 48.0 Å². The minimum atomic E-state index is -4.45. The Morgan fingerprint density at radius 3 is 2.50 bits per heavy atom. The summed E-state index contributed by atoms with van der Waals surface area (Å²) in [5, 5.41) is 3.07. The molecule has 2 aromatic rings. The van der Waals surface area contributed by atoms with Crippen LogP contribution in [0, 0.1) is 0 Å². The van der Waals surface area contributed by atoms with Crippen molar-refractivity contribution in [1.82, 2.24) is 5.32 Å². The zero-order valence-corrected chi connectivity index (χ0v) is 15.5. The molecule has 8 heteroatoms. The van der Waals surface area contributed by atoms with E-state index in [-0.39, 0.29) is 24.7 Å². The molecule has 3 nitrogen and oxygen atoms in total. The molecule has 1 amide bonds. The maximum absolute atomic E-state index is 13.1. The zero-order valence-electron chi connectivity index (χ0n) is 13.9. The molecule has 1 aliphatic heterocycles. The number of hydrogen-bond acceptors (Lipinski definition) is 3. The maximum Gasteiger partial charge on any atom is 0.416 e. The third-order valence-electron chi connectivity index (χ3n) is 3.87. The van der Waals surface area contributed by atoms with Gasteiger partial charge in [0.2, 0.25) is 5.91 Å². The Morgan fingerprint density at radius 1 is 1.12 bits per heavy atom. The van der Waals surface area contributed by atoms with Gasteiger partial charge >= 0.3 is 6.18 Å². The first-order chi connectivity index (χ1) is 11.9. The molecule has 1 aliphatic rings. The van der Waals surface area contributed by atoms with Crippen LogP contribution in [-0.4, -0.2) is 19.0 Å². The quantitative estimate of drug-likeness (QED) is 0.793. The highest BCUT2D eigenvalue weighted by molar-refractivity contribution is 7.99. The van der Waals surface area contributed by atoms with Gasteiger partial charge in [-0.25, -0.2) is 0 Å². The summed E-state index contributed by atoms with van der Waals surface area (Å²) in [4.78, 5) is 15.7. The Balaban J connectivity index is 0.00000243. The Morgan fingerprint density at radius 2 is 1.81 bits per heavy atom. The summed E-state index contributed by atoms with van der Waals surface area (Å²) >= 11 is 1.37. The average molecular weight is 402 g/mol. The Kier molecular flexibility index (Phi) is 6.60. The van der Waals surface area contributed by atoms with Crippen molar-refractivity contribution in [2.75, 3.05) is 18.0 Å². The van der Waals surface area contributed by atoms with Gasteiger partial charge in [0.25, 0.3) is 0 Å². The molecule has 0 aliphatic carbocycles. The fourth-order valence-corrected chi connectivity index (χ4v) is 3.72. The second-order valence-electron chi connectivity index (χ2n) is 5.58. The molecule has 0 saturated heterocycles. The lowest BCUT2D eigenvalue weighted by Gasteiger charge is -2.31. The van der Waals surface area contributed by atoms with Crippen LogP contribution in [0.5, 0.6) is 0 Å². The third-order valence-corrected chi connectivity index (χ3v) is 5.00. The van der Waals surface area contributed by atoms with Crippen LogP contribution < -0.4 is 22.6 Å². The average Bonchev–Trinajstić information content (AvgIpc) is 2.58. The number of nitrogens with one attached hydrogen (secondary N) is 1. The molecule has 0 unspecified atom stereocenters. The third kappa shape index (κ3) is 4.16. The van der Waals surface area contributed by atoms with Crippen LogP contribution in [0.3, 0.4) is 0 Å². The highest BCUT2D eigenvalue weighted by Crippen LogP contribution is 2.49. The van der Waals surface area contributed by atoms with Gasteiger partial charge in [-0.15, -0.1) is 0 Å². The Bertz CT molecular complexity index is 798. The predicted molar refractivity (Wildman–Crippen MR) is 92.3 cm³/mol. The number of nitrogens with zero attached hydrogens (tertiary/aromatic N) is 1. The van der Waals surface area contributed by atoms with E-state index in [1.54, 1.807) is 12.1 Å². The van der Waals surface area contributed by atoms with Crippen LogP contribution in [0.1, 0.15) is 18.9 Å². The first-order valence-corrected chi connectivity index (χ1v) is 8.75. The van der Waals surface area contributed by atoms with Crippen LogP contribution in [0.4, 0.5) is 24.5 Å². The van der Waals surface area contributed by atoms with E-state index < -0.39 is 11.7 Å². The van der Waals surface area contributed by atoms with E-state index in [0.717, 1.165) is 23.6 Å². The van der Waals surface area contributed by atoms with Crippen molar-refractivity contribution in [3.63, 3.8) is 0 Å². The molecule has 0 spiro atoms. The van der Waals surface area contributed by atoms with Crippen molar-refractivity contribution in [2.45, 2.75) is 29.3 Å². The molecular weight excluding hydrogens is 385 g/mol. The van der Waals surface area contributed by atoms with Crippen LogP contribution in [-0.2, 0) is 11.0 Å². The lowest BCUT2D eigenvalue weighted by molar-refractivity contribution is -0.137. The minimum absolute atomic E-state index is 0. The number of carbonyl (C=O) groups excluding carboxylic acids is 1. The van der Waals surface area contributed by atoms with E-state index in [1.807, 2.05) is 19.1 Å². The van der Waals surface area contributed by atoms with Crippen LogP contribution in [0.2, 0.25) is 0 Å². The number of rotatable bonds is 4. The maximum atomic E-state index is 13.1. The van der Waals surface area contributed by atoms with E-state index >= 15 is 0 Å². The second kappa shape index (κ2) is 8.33. The number of alkyl halides is 3. The van der Waals surface area contributed by atoms with Gasteiger partial charge in [0.1, 0.15) is 0 Å². The van der Waals surface area contributed by atoms with Gasteiger partial charge in [-0.3, -0.25) is 9.69 Å². The van der Waals surface area contributed by atoms with Crippen molar-refractivity contribution in [3.8, 4) is 0 Å². The summed E-state index contributed by atoms with van der Waals surface area (Å²) in [5.41, 5.74) is 0.163.